The van der Waals surface area contributed by atoms with Gasteiger partial charge in [0.15, 0.2) is 0 Å². The largest absolute Gasteiger partial charge is 0.497 e. The summed E-state index contributed by atoms with van der Waals surface area (Å²) in [6, 6.07) is 16.7. The van der Waals surface area contributed by atoms with Crippen LogP contribution in [0.2, 0.25) is 0 Å². The van der Waals surface area contributed by atoms with Crippen molar-refractivity contribution < 1.29 is 18.7 Å². The van der Waals surface area contributed by atoms with Crippen LogP contribution in [0.5, 0.6) is 5.75 Å². The average molecular weight is 493 g/mol. The molecular weight excluding hydrogens is 467 g/mol. The second-order valence-corrected chi connectivity index (χ2v) is 8.29. The highest BCUT2D eigenvalue weighted by atomic mass is 32.2. The van der Waals surface area contributed by atoms with Crippen LogP contribution in [0.4, 0.5) is 10.2 Å². The molecular formula is C26H25FN4O3S. The van der Waals surface area contributed by atoms with E-state index in [1.807, 2.05) is 16.3 Å². The number of carbonyl (C=O) groups excluding carboxylic acids is 1. The Balaban J connectivity index is 1.72. The van der Waals surface area contributed by atoms with Gasteiger partial charge in [0.1, 0.15) is 23.2 Å². The Morgan fingerprint density at radius 2 is 1.80 bits per heavy atom. The van der Waals surface area contributed by atoms with E-state index >= 15 is 0 Å². The second kappa shape index (κ2) is 11.2. The van der Waals surface area contributed by atoms with Crippen LogP contribution in [0.3, 0.4) is 0 Å². The number of hydrogen-bond donors (Lipinski definition) is 1. The monoisotopic (exact) mass is 492 g/mol. The predicted molar refractivity (Wildman–Crippen MR) is 136 cm³/mol. The van der Waals surface area contributed by atoms with Crippen LogP contribution >= 0.6 is 11.9 Å². The van der Waals surface area contributed by atoms with Crippen molar-refractivity contribution in [2.24, 2.45) is 0 Å². The number of carbonyl (C=O) groups is 1. The zero-order chi connectivity index (χ0) is 24.8. The SMILES string of the molecule is COCCc1nc(-c2ccc(F)cc2)c(-c2ccnc(NC(=O)c3ccc(OC)cc3)c2)n1SC. The molecule has 2 aromatic carbocycles. The van der Waals surface area contributed by atoms with Gasteiger partial charge in [0, 0.05) is 42.7 Å². The maximum absolute atomic E-state index is 13.6. The van der Waals surface area contributed by atoms with E-state index in [4.69, 9.17) is 14.5 Å². The first-order valence-electron chi connectivity index (χ1n) is 10.9. The second-order valence-electron chi connectivity index (χ2n) is 7.56. The lowest BCUT2D eigenvalue weighted by Crippen LogP contribution is -2.13. The van der Waals surface area contributed by atoms with Gasteiger partial charge in [-0.1, -0.05) is 0 Å². The Bertz CT molecular complexity index is 1310. The molecule has 1 amide bonds. The van der Waals surface area contributed by atoms with Crippen molar-refractivity contribution in [1.29, 1.82) is 0 Å². The molecule has 9 heteroatoms. The van der Waals surface area contributed by atoms with E-state index in [0.717, 1.165) is 22.6 Å². The maximum Gasteiger partial charge on any atom is 0.256 e. The lowest BCUT2D eigenvalue weighted by atomic mass is 10.1. The zero-order valence-electron chi connectivity index (χ0n) is 19.6. The predicted octanol–water partition coefficient (Wildman–Crippen LogP) is 5.33. The minimum Gasteiger partial charge on any atom is -0.497 e. The fraction of sp³-hybridized carbons (Fsp3) is 0.192. The molecule has 0 atom stereocenters. The fourth-order valence-electron chi connectivity index (χ4n) is 3.64. The summed E-state index contributed by atoms with van der Waals surface area (Å²) >= 11 is 1.51. The number of methoxy groups -OCH3 is 2. The molecule has 0 saturated carbocycles. The van der Waals surface area contributed by atoms with Gasteiger partial charge in [-0.2, -0.15) is 0 Å². The van der Waals surface area contributed by atoms with E-state index in [-0.39, 0.29) is 11.7 Å². The molecule has 0 spiro atoms. The maximum atomic E-state index is 13.6. The summed E-state index contributed by atoms with van der Waals surface area (Å²) in [6.07, 6.45) is 4.21. The van der Waals surface area contributed by atoms with Gasteiger partial charge in [-0.15, -0.1) is 0 Å². The number of aromatic nitrogens is 3. The Morgan fingerprint density at radius 3 is 2.46 bits per heavy atom. The van der Waals surface area contributed by atoms with Crippen LogP contribution in [0, 0.1) is 5.82 Å². The molecule has 2 heterocycles. The molecule has 0 aliphatic rings. The topological polar surface area (TPSA) is 78.3 Å². The number of amides is 1. The summed E-state index contributed by atoms with van der Waals surface area (Å²) in [5.74, 6) is 1.31. The Hall–Kier alpha value is -3.69. The van der Waals surface area contributed by atoms with E-state index < -0.39 is 0 Å². The molecule has 0 aliphatic carbocycles. The van der Waals surface area contributed by atoms with Crippen molar-refractivity contribution in [2.75, 3.05) is 32.4 Å². The molecule has 4 aromatic rings. The van der Waals surface area contributed by atoms with Crippen LogP contribution in [0.25, 0.3) is 22.5 Å². The molecule has 180 valence electrons. The number of rotatable bonds is 9. The number of halogens is 1. The zero-order valence-corrected chi connectivity index (χ0v) is 20.4. The summed E-state index contributed by atoms with van der Waals surface area (Å²) in [5.41, 5.74) is 3.63. The van der Waals surface area contributed by atoms with Crippen LogP contribution in [-0.2, 0) is 11.2 Å². The number of pyridine rings is 1. The van der Waals surface area contributed by atoms with Crippen LogP contribution < -0.4 is 10.1 Å². The van der Waals surface area contributed by atoms with Gasteiger partial charge in [0.2, 0.25) is 0 Å². The Morgan fingerprint density at radius 1 is 1.06 bits per heavy atom. The van der Waals surface area contributed by atoms with Gasteiger partial charge in [-0.25, -0.2) is 14.4 Å². The summed E-state index contributed by atoms with van der Waals surface area (Å²) in [6.45, 7) is 0.513. The summed E-state index contributed by atoms with van der Waals surface area (Å²) < 4.78 is 26.0. The highest BCUT2D eigenvalue weighted by Gasteiger charge is 2.21. The first kappa shape index (κ1) is 24.4. The highest BCUT2D eigenvalue weighted by molar-refractivity contribution is 7.97. The molecule has 0 bridgehead atoms. The lowest BCUT2D eigenvalue weighted by molar-refractivity contribution is 0.102. The van der Waals surface area contributed by atoms with Gasteiger partial charge in [0.25, 0.3) is 5.91 Å². The third-order valence-electron chi connectivity index (χ3n) is 5.36. The van der Waals surface area contributed by atoms with Crippen molar-refractivity contribution >= 4 is 23.7 Å². The van der Waals surface area contributed by atoms with Crippen LogP contribution in [0.15, 0.2) is 66.9 Å². The molecule has 0 radical (unpaired) electrons. The number of nitrogens with one attached hydrogen (secondary N) is 1. The van der Waals surface area contributed by atoms with Gasteiger partial charge >= 0.3 is 0 Å². The van der Waals surface area contributed by atoms with Gasteiger partial charge in [-0.3, -0.25) is 8.77 Å². The lowest BCUT2D eigenvalue weighted by Gasteiger charge is -2.12. The van der Waals surface area contributed by atoms with Gasteiger partial charge in [-0.05, 0) is 72.6 Å². The number of imidazole rings is 1. The van der Waals surface area contributed by atoms with Crippen molar-refractivity contribution in [3.05, 3.63) is 84.1 Å². The Kier molecular flexibility index (Phi) is 7.79. The van der Waals surface area contributed by atoms with E-state index in [2.05, 4.69) is 10.3 Å². The quantitative estimate of drug-likeness (QED) is 0.340. The number of hydrogen-bond acceptors (Lipinski definition) is 6. The smallest absolute Gasteiger partial charge is 0.256 e. The molecule has 4 rings (SSSR count). The molecule has 0 unspecified atom stereocenters. The molecule has 7 nitrogen and oxygen atoms in total. The number of ether oxygens (including phenoxy) is 2. The minimum absolute atomic E-state index is 0.282. The molecule has 35 heavy (non-hydrogen) atoms. The molecule has 2 aromatic heterocycles. The van der Waals surface area contributed by atoms with Gasteiger partial charge < -0.3 is 14.8 Å². The molecule has 0 saturated heterocycles. The van der Waals surface area contributed by atoms with E-state index in [0.29, 0.717) is 35.9 Å². The fourth-order valence-corrected chi connectivity index (χ4v) is 4.36. The van der Waals surface area contributed by atoms with E-state index in [1.165, 1.54) is 24.1 Å². The van der Waals surface area contributed by atoms with Crippen molar-refractivity contribution in [1.82, 2.24) is 13.9 Å². The van der Waals surface area contributed by atoms with E-state index in [9.17, 15) is 9.18 Å². The third-order valence-corrected chi connectivity index (χ3v) is 6.12. The average Bonchev–Trinajstić information content (AvgIpc) is 3.26. The van der Waals surface area contributed by atoms with E-state index in [1.54, 1.807) is 62.9 Å². The normalized spacial score (nSPS) is 10.9. The van der Waals surface area contributed by atoms with Crippen molar-refractivity contribution in [3.63, 3.8) is 0 Å². The third kappa shape index (κ3) is 5.52. The van der Waals surface area contributed by atoms with Crippen LogP contribution in [-0.4, -0.2) is 46.9 Å². The summed E-state index contributed by atoms with van der Waals surface area (Å²) in [5, 5.41) is 2.85. The first-order chi connectivity index (χ1) is 17.0. The molecule has 0 aliphatic heterocycles. The first-order valence-corrected chi connectivity index (χ1v) is 12.0. The number of anilines is 1. The number of nitrogens with zero attached hydrogens (tertiary/aromatic N) is 3. The van der Waals surface area contributed by atoms with Crippen molar-refractivity contribution in [3.8, 4) is 28.3 Å². The summed E-state index contributed by atoms with van der Waals surface area (Å²) in [7, 11) is 3.22. The van der Waals surface area contributed by atoms with Crippen molar-refractivity contribution in [2.45, 2.75) is 6.42 Å². The highest BCUT2D eigenvalue weighted by Crippen LogP contribution is 2.36. The van der Waals surface area contributed by atoms with Gasteiger partial charge in [0.05, 0.1) is 25.1 Å². The molecule has 1 N–H and O–H groups in total. The number of benzene rings is 2. The standard InChI is InChI=1S/C26H25FN4O3S/c1-33-15-13-23-30-24(17-4-8-20(27)9-5-17)25(31(23)35-3)19-12-14-28-22(16-19)29-26(32)18-6-10-21(34-2)11-7-18/h4-12,14,16H,13,15H2,1-3H3,(H,28,29,32). The summed E-state index contributed by atoms with van der Waals surface area (Å²) in [4.78, 5) is 22.0. The van der Waals surface area contributed by atoms with Crippen LogP contribution in [0.1, 0.15) is 16.2 Å². The minimum atomic E-state index is -0.313. The Labute approximate surface area is 207 Å². The molecule has 0 fully saturated rings.